The van der Waals surface area contributed by atoms with E-state index in [1.807, 2.05) is 62.4 Å². The van der Waals surface area contributed by atoms with Gasteiger partial charge in [-0.25, -0.2) is 13.4 Å². The van der Waals surface area contributed by atoms with Crippen LogP contribution in [0.3, 0.4) is 0 Å². The normalized spacial score (nSPS) is 18.1. The lowest BCUT2D eigenvalue weighted by molar-refractivity contribution is 0.103. The predicted octanol–water partition coefficient (Wildman–Crippen LogP) is 5.21. The smallest absolute Gasteiger partial charge is 0.261 e. The van der Waals surface area contributed by atoms with Gasteiger partial charge in [0.05, 0.1) is 28.5 Å². The molecular formula is C28H28Cl2N4O3S. The van der Waals surface area contributed by atoms with E-state index in [0.29, 0.717) is 41.4 Å². The van der Waals surface area contributed by atoms with E-state index >= 15 is 0 Å². The average Bonchev–Trinajstić information content (AvgIpc) is 2.91. The lowest BCUT2D eigenvalue weighted by atomic mass is 10.1. The number of halogens is 2. The Morgan fingerprint density at radius 1 is 1.00 bits per heavy atom. The molecule has 0 aliphatic carbocycles. The monoisotopic (exact) mass is 570 g/mol. The van der Waals surface area contributed by atoms with Crippen LogP contribution in [0.1, 0.15) is 31.3 Å². The lowest BCUT2D eigenvalue weighted by Gasteiger charge is -2.41. The maximum Gasteiger partial charge on any atom is 0.261 e. The van der Waals surface area contributed by atoms with Gasteiger partial charge in [0.1, 0.15) is 10.7 Å². The molecule has 0 radical (unpaired) electrons. The van der Waals surface area contributed by atoms with Crippen LogP contribution in [-0.4, -0.2) is 52.9 Å². The second-order valence-corrected chi connectivity index (χ2v) is 12.3. The fraction of sp³-hybridized carbons (Fsp3) is 0.286. The van der Waals surface area contributed by atoms with Gasteiger partial charge in [-0.15, -0.1) is 0 Å². The van der Waals surface area contributed by atoms with Gasteiger partial charge in [0, 0.05) is 30.7 Å². The highest BCUT2D eigenvalue weighted by molar-refractivity contribution is 7.89. The van der Waals surface area contributed by atoms with Crippen LogP contribution in [0.5, 0.6) is 0 Å². The molecule has 3 aromatic carbocycles. The Kier molecular flexibility index (Phi) is 7.62. The van der Waals surface area contributed by atoms with Gasteiger partial charge in [0.2, 0.25) is 10.0 Å². The van der Waals surface area contributed by atoms with Crippen molar-refractivity contribution in [3.8, 4) is 0 Å². The van der Waals surface area contributed by atoms with E-state index in [9.17, 15) is 13.2 Å². The molecule has 0 N–H and O–H groups in total. The van der Waals surface area contributed by atoms with E-state index in [4.69, 9.17) is 28.2 Å². The third-order valence-electron chi connectivity index (χ3n) is 7.07. The van der Waals surface area contributed by atoms with Crippen molar-refractivity contribution in [1.29, 1.82) is 0 Å². The van der Waals surface area contributed by atoms with Crippen LogP contribution in [0.4, 0.5) is 0 Å². The first kappa shape index (κ1) is 26.8. The van der Waals surface area contributed by atoms with Gasteiger partial charge in [-0.05, 0) is 49.7 Å². The van der Waals surface area contributed by atoms with Crippen molar-refractivity contribution in [3.05, 3.63) is 105 Å². The van der Waals surface area contributed by atoms with Crippen molar-refractivity contribution in [2.24, 2.45) is 0 Å². The lowest BCUT2D eigenvalue weighted by Crippen LogP contribution is -2.54. The topological polar surface area (TPSA) is 75.5 Å². The van der Waals surface area contributed by atoms with Crippen LogP contribution in [0.25, 0.3) is 10.9 Å². The Bertz CT molecular complexity index is 1640. The Hall–Kier alpha value is -2.75. The average molecular weight is 572 g/mol. The van der Waals surface area contributed by atoms with Gasteiger partial charge in [-0.1, -0.05) is 65.7 Å². The number of para-hydroxylation sites is 1. The van der Waals surface area contributed by atoms with E-state index in [1.54, 1.807) is 16.7 Å². The van der Waals surface area contributed by atoms with Gasteiger partial charge in [0.25, 0.3) is 5.56 Å². The number of hydrogen-bond acceptors (Lipinski definition) is 5. The highest BCUT2D eigenvalue weighted by Crippen LogP contribution is 2.31. The molecule has 7 nitrogen and oxygen atoms in total. The molecule has 2 unspecified atom stereocenters. The van der Waals surface area contributed by atoms with E-state index in [0.717, 1.165) is 5.56 Å². The largest absolute Gasteiger partial charge is 0.291 e. The molecule has 38 heavy (non-hydrogen) atoms. The van der Waals surface area contributed by atoms with Crippen molar-refractivity contribution in [2.45, 2.75) is 37.4 Å². The first-order valence-electron chi connectivity index (χ1n) is 12.4. The molecule has 1 saturated heterocycles. The van der Waals surface area contributed by atoms with Gasteiger partial charge < -0.3 is 0 Å². The van der Waals surface area contributed by atoms with Crippen molar-refractivity contribution < 1.29 is 8.42 Å². The Morgan fingerprint density at radius 3 is 2.45 bits per heavy atom. The fourth-order valence-corrected chi connectivity index (χ4v) is 7.42. The minimum atomic E-state index is -3.84. The molecule has 0 saturated carbocycles. The van der Waals surface area contributed by atoms with Crippen LogP contribution >= 0.6 is 23.2 Å². The molecule has 4 aromatic rings. The highest BCUT2D eigenvalue weighted by atomic mass is 35.5. The summed E-state index contributed by atoms with van der Waals surface area (Å²) in [6, 6.07) is 21.1. The zero-order chi connectivity index (χ0) is 27.0. The van der Waals surface area contributed by atoms with Crippen LogP contribution in [-0.2, 0) is 16.6 Å². The summed E-state index contributed by atoms with van der Waals surface area (Å²) in [6.07, 6.45) is 0. The van der Waals surface area contributed by atoms with E-state index in [1.165, 1.54) is 16.4 Å². The zero-order valence-corrected chi connectivity index (χ0v) is 23.4. The number of fused-ring (bicyclic) bond motifs is 1. The van der Waals surface area contributed by atoms with Gasteiger partial charge >= 0.3 is 0 Å². The number of hydrogen-bond donors (Lipinski definition) is 0. The molecule has 5 rings (SSSR count). The second kappa shape index (κ2) is 10.8. The molecule has 1 fully saturated rings. The predicted molar refractivity (Wildman–Crippen MR) is 151 cm³/mol. The first-order valence-corrected chi connectivity index (χ1v) is 14.6. The number of rotatable bonds is 6. The molecule has 198 valence electrons. The fourth-order valence-electron chi connectivity index (χ4n) is 5.07. The minimum absolute atomic E-state index is 0.00732. The maximum atomic E-state index is 13.6. The minimum Gasteiger partial charge on any atom is -0.291 e. The van der Waals surface area contributed by atoms with E-state index < -0.39 is 10.0 Å². The number of benzene rings is 3. The first-order chi connectivity index (χ1) is 18.2. The summed E-state index contributed by atoms with van der Waals surface area (Å²) in [5.74, 6) is 0.652. The van der Waals surface area contributed by atoms with Crippen LogP contribution in [0.15, 0.2) is 82.5 Å². The van der Waals surface area contributed by atoms with Gasteiger partial charge in [-0.3, -0.25) is 14.3 Å². The maximum absolute atomic E-state index is 13.6. The van der Waals surface area contributed by atoms with Gasteiger partial charge in [0.15, 0.2) is 0 Å². The number of piperazine rings is 1. The summed E-state index contributed by atoms with van der Waals surface area (Å²) < 4.78 is 30.2. The summed E-state index contributed by atoms with van der Waals surface area (Å²) >= 11 is 12.3. The summed E-state index contributed by atoms with van der Waals surface area (Å²) in [5.41, 5.74) is 1.56. The summed E-state index contributed by atoms with van der Waals surface area (Å²) in [7, 11) is -3.84. The Balaban J connectivity index is 1.46. The second-order valence-electron chi connectivity index (χ2n) is 9.57. The zero-order valence-electron chi connectivity index (χ0n) is 21.1. The summed E-state index contributed by atoms with van der Waals surface area (Å²) in [6.45, 7) is 5.49. The van der Waals surface area contributed by atoms with Gasteiger partial charge in [-0.2, -0.15) is 4.31 Å². The molecule has 2 heterocycles. The highest BCUT2D eigenvalue weighted by Gasteiger charge is 2.37. The number of sulfonamides is 1. The molecule has 2 atom stereocenters. The van der Waals surface area contributed by atoms with Crippen molar-refractivity contribution >= 4 is 44.1 Å². The quantitative estimate of drug-likeness (QED) is 0.318. The Morgan fingerprint density at radius 2 is 1.71 bits per heavy atom. The van der Waals surface area contributed by atoms with Crippen molar-refractivity contribution in [2.75, 3.05) is 19.6 Å². The third-order valence-corrected chi connectivity index (χ3v) is 9.80. The molecule has 1 aromatic heterocycles. The standard InChI is InChI=1S/C28H28Cl2N4O3S/c1-19-17-32(14-15-34(19)38(36,37)26-16-22(29)12-13-24(26)30)20(2)27-31-25-11-7-6-10-23(25)28(35)33(27)18-21-8-4-3-5-9-21/h3-13,16,19-20H,14-15,17-18H2,1-2H3. The molecule has 1 aliphatic rings. The Labute approximate surface area is 232 Å². The molecule has 0 spiro atoms. The van der Waals surface area contributed by atoms with Crippen molar-refractivity contribution in [3.63, 3.8) is 0 Å². The molecule has 10 heteroatoms. The molecular weight excluding hydrogens is 543 g/mol. The molecule has 0 bridgehead atoms. The van der Waals surface area contributed by atoms with Crippen LogP contribution in [0.2, 0.25) is 10.0 Å². The summed E-state index contributed by atoms with van der Waals surface area (Å²) in [4.78, 5) is 20.7. The molecule has 0 amide bonds. The van der Waals surface area contributed by atoms with Crippen LogP contribution < -0.4 is 5.56 Å². The van der Waals surface area contributed by atoms with E-state index in [2.05, 4.69) is 4.90 Å². The molecule has 1 aliphatic heterocycles. The van der Waals surface area contributed by atoms with Crippen molar-refractivity contribution in [1.82, 2.24) is 18.8 Å². The SMILES string of the molecule is CC(c1nc2ccccc2c(=O)n1Cc1ccccc1)N1CCN(S(=O)(=O)c2cc(Cl)ccc2Cl)C(C)C1. The van der Waals surface area contributed by atoms with E-state index in [-0.39, 0.29) is 34.1 Å². The number of nitrogens with zero attached hydrogens (tertiary/aromatic N) is 4. The summed E-state index contributed by atoms with van der Waals surface area (Å²) in [5, 5.41) is 1.02. The number of aromatic nitrogens is 2. The van der Waals surface area contributed by atoms with Crippen LogP contribution in [0, 0.1) is 0 Å². The third kappa shape index (κ3) is 5.11.